The molecule has 5 aromatic rings. The molecule has 1 amide bonds. The molecule has 0 aromatic carbocycles. The van der Waals surface area contributed by atoms with Gasteiger partial charge in [-0.2, -0.15) is 4.68 Å². The fourth-order valence-corrected chi connectivity index (χ4v) is 5.12. The third-order valence-electron chi connectivity index (χ3n) is 7.47. The van der Waals surface area contributed by atoms with E-state index in [-0.39, 0.29) is 11.5 Å². The Morgan fingerprint density at radius 1 is 0.708 bits per heavy atom. The number of aromatic nitrogens is 12. The molecule has 8 heterocycles. The maximum Gasteiger partial charge on any atom is 0.298 e. The summed E-state index contributed by atoms with van der Waals surface area (Å²) >= 11 is 4.24. The highest BCUT2D eigenvalue weighted by atomic mass is 128. The third-order valence-corrected chi connectivity index (χ3v) is 7.47. The van der Waals surface area contributed by atoms with E-state index in [2.05, 4.69) is 92.7 Å². The average Bonchev–Trinajstić information content (AvgIpc) is 3.99. The van der Waals surface area contributed by atoms with Gasteiger partial charge in [0.1, 0.15) is 35.8 Å². The fraction of sp³-hybridized carbons (Fsp3) is 0.333. The Morgan fingerprint density at radius 3 is 1.83 bits per heavy atom. The van der Waals surface area contributed by atoms with Crippen molar-refractivity contribution in [2.24, 2.45) is 0 Å². The van der Waals surface area contributed by atoms with Crippen molar-refractivity contribution in [1.82, 2.24) is 59.7 Å². The normalized spacial score (nSPS) is 16.2. The SMILES string of the molecule is II.O=C1C(n2ccnn2)=CCN1c1cc(N2CCOCC2)ncn1.O=c1c(-n2ccnn2)c[nH]n1-c1cc(N2CCOCC2)ncn1. The molecular weight excluding hydrogens is 852 g/mol. The molecule has 2 fully saturated rings. The first kappa shape index (κ1) is 33.5. The molecule has 2 saturated heterocycles. The van der Waals surface area contributed by atoms with E-state index < -0.39 is 0 Å². The lowest BCUT2D eigenvalue weighted by molar-refractivity contribution is -0.113. The number of nitrogens with one attached hydrogen (secondary N) is 1. The van der Waals surface area contributed by atoms with Crippen molar-refractivity contribution in [3.63, 3.8) is 0 Å². The van der Waals surface area contributed by atoms with Crippen LogP contribution in [0.1, 0.15) is 0 Å². The summed E-state index contributed by atoms with van der Waals surface area (Å²) in [7, 11) is 0. The average molecular weight is 881 g/mol. The van der Waals surface area contributed by atoms with Crippen molar-refractivity contribution in [2.75, 3.05) is 73.9 Å². The zero-order chi connectivity index (χ0) is 33.3. The number of amides is 1. The van der Waals surface area contributed by atoms with Crippen LogP contribution in [0.3, 0.4) is 0 Å². The van der Waals surface area contributed by atoms with Gasteiger partial charge in [0.15, 0.2) is 11.5 Å². The Bertz CT molecular complexity index is 1870. The van der Waals surface area contributed by atoms with E-state index in [9.17, 15) is 9.59 Å². The summed E-state index contributed by atoms with van der Waals surface area (Å²) in [5.41, 5.74) is 0.588. The molecular formula is C27H29I2N15O4. The van der Waals surface area contributed by atoms with Crippen LogP contribution in [-0.2, 0) is 14.3 Å². The van der Waals surface area contributed by atoms with Gasteiger partial charge in [-0.15, -0.1) is 10.2 Å². The highest BCUT2D eigenvalue weighted by Crippen LogP contribution is 2.24. The van der Waals surface area contributed by atoms with Crippen LogP contribution in [0.2, 0.25) is 0 Å². The van der Waals surface area contributed by atoms with Gasteiger partial charge in [-0.05, 0) is 6.08 Å². The molecule has 250 valence electrons. The van der Waals surface area contributed by atoms with Gasteiger partial charge in [-0.25, -0.2) is 29.3 Å². The second kappa shape index (κ2) is 16.2. The maximum absolute atomic E-state index is 12.6. The van der Waals surface area contributed by atoms with Crippen LogP contribution in [0.25, 0.3) is 17.2 Å². The molecule has 0 radical (unpaired) electrons. The lowest BCUT2D eigenvalue weighted by atomic mass is 10.3. The molecule has 21 heteroatoms. The van der Waals surface area contributed by atoms with E-state index >= 15 is 0 Å². The summed E-state index contributed by atoms with van der Waals surface area (Å²) < 4.78 is 14.9. The van der Waals surface area contributed by atoms with Crippen LogP contribution in [-0.4, -0.2) is 125 Å². The van der Waals surface area contributed by atoms with E-state index in [1.807, 2.05) is 12.1 Å². The van der Waals surface area contributed by atoms with Gasteiger partial charge in [0.2, 0.25) is 0 Å². The first-order valence-electron chi connectivity index (χ1n) is 14.7. The van der Waals surface area contributed by atoms with Gasteiger partial charge in [0.05, 0.1) is 57.4 Å². The standard InChI is InChI=1S/C14H15N7O2.C13H14N8O2.I2/c22-14-11(21-4-2-17-18-21)1-3-20(14)13-9-12(15-10-16-13)19-5-7-23-8-6-19;22-13-10(20-2-1-16-18-20)8-17-21(13)12-7-11(14-9-15-12)19-3-5-23-6-4-19;1-2/h1-2,4,9-10H,3,5-8H2;1-2,7-9,17H,3-6H2;. The molecule has 3 aliphatic rings. The van der Waals surface area contributed by atoms with Crippen molar-refractivity contribution in [1.29, 1.82) is 0 Å². The number of H-pyrrole nitrogens is 1. The molecule has 19 nitrogen and oxygen atoms in total. The molecule has 0 aliphatic carbocycles. The van der Waals surface area contributed by atoms with Gasteiger partial charge in [0.25, 0.3) is 11.5 Å². The number of morpholine rings is 2. The predicted molar refractivity (Wildman–Crippen MR) is 190 cm³/mol. The minimum atomic E-state index is -0.262. The zero-order valence-electron chi connectivity index (χ0n) is 25.3. The Morgan fingerprint density at radius 2 is 1.25 bits per heavy atom. The highest BCUT2D eigenvalue weighted by molar-refractivity contribution is 15.0. The topological polar surface area (TPSA) is 196 Å². The van der Waals surface area contributed by atoms with E-state index in [1.54, 1.807) is 29.6 Å². The summed E-state index contributed by atoms with van der Waals surface area (Å²) in [6.07, 6.45) is 12.6. The molecule has 0 spiro atoms. The Labute approximate surface area is 296 Å². The molecule has 5 aromatic heterocycles. The Balaban J connectivity index is 0.000000159. The van der Waals surface area contributed by atoms with Gasteiger partial charge < -0.3 is 19.3 Å². The van der Waals surface area contributed by atoms with Crippen LogP contribution in [0.4, 0.5) is 17.5 Å². The minimum absolute atomic E-state index is 0.151. The number of ether oxygens (including phenoxy) is 2. The molecule has 0 atom stereocenters. The highest BCUT2D eigenvalue weighted by Gasteiger charge is 2.28. The number of hydrogen-bond acceptors (Lipinski definition) is 14. The number of nitrogens with zero attached hydrogens (tertiary/aromatic N) is 14. The number of carbonyl (C=O) groups excluding carboxylic acids is 1. The molecule has 48 heavy (non-hydrogen) atoms. The van der Waals surface area contributed by atoms with Crippen molar-refractivity contribution < 1.29 is 14.3 Å². The predicted octanol–water partition coefficient (Wildman–Crippen LogP) is 0.937. The number of aromatic amines is 1. The van der Waals surface area contributed by atoms with Crippen molar-refractivity contribution in [2.45, 2.75) is 0 Å². The minimum Gasteiger partial charge on any atom is -0.378 e. The summed E-state index contributed by atoms with van der Waals surface area (Å²) in [4.78, 5) is 47.9. The molecule has 1 N–H and O–H groups in total. The fourth-order valence-electron chi connectivity index (χ4n) is 5.12. The Kier molecular flexibility index (Phi) is 11.3. The largest absolute Gasteiger partial charge is 0.378 e. The van der Waals surface area contributed by atoms with E-state index in [0.717, 1.165) is 37.8 Å². The van der Waals surface area contributed by atoms with Crippen LogP contribution in [0.5, 0.6) is 0 Å². The first-order chi connectivity index (χ1) is 23.7. The van der Waals surface area contributed by atoms with Crippen LogP contribution >= 0.6 is 37.2 Å². The van der Waals surface area contributed by atoms with Crippen molar-refractivity contribution in [3.8, 4) is 11.5 Å². The zero-order valence-corrected chi connectivity index (χ0v) is 29.6. The molecule has 3 aliphatic heterocycles. The molecule has 0 saturated carbocycles. The van der Waals surface area contributed by atoms with E-state index in [0.29, 0.717) is 56.0 Å². The van der Waals surface area contributed by atoms with Crippen molar-refractivity contribution in [3.05, 3.63) is 72.2 Å². The quantitative estimate of drug-likeness (QED) is 0.237. The maximum atomic E-state index is 12.6. The van der Waals surface area contributed by atoms with Crippen molar-refractivity contribution >= 4 is 66.3 Å². The third kappa shape index (κ3) is 7.52. The second-order valence-corrected chi connectivity index (χ2v) is 10.2. The number of rotatable bonds is 6. The summed E-state index contributed by atoms with van der Waals surface area (Å²) in [5.74, 6) is 2.47. The van der Waals surface area contributed by atoms with Gasteiger partial charge in [-0.3, -0.25) is 19.6 Å². The number of anilines is 3. The molecule has 8 rings (SSSR count). The van der Waals surface area contributed by atoms with Gasteiger partial charge in [0, 0.05) is 82.1 Å². The van der Waals surface area contributed by atoms with E-state index in [4.69, 9.17) is 9.47 Å². The van der Waals surface area contributed by atoms with E-state index in [1.165, 1.54) is 39.1 Å². The lowest BCUT2D eigenvalue weighted by Crippen LogP contribution is -2.37. The van der Waals surface area contributed by atoms with Crippen LogP contribution in [0.15, 0.2) is 66.6 Å². The Hall–Kier alpha value is -4.36. The summed E-state index contributed by atoms with van der Waals surface area (Å²) in [6.45, 7) is 6.24. The number of halogens is 2. The molecule has 0 unspecified atom stereocenters. The van der Waals surface area contributed by atoms with Crippen LogP contribution in [0, 0.1) is 0 Å². The first-order valence-corrected chi connectivity index (χ1v) is 20.9. The number of carbonyl (C=O) groups is 1. The smallest absolute Gasteiger partial charge is 0.298 e. The summed E-state index contributed by atoms with van der Waals surface area (Å²) in [6, 6.07) is 3.61. The molecule has 0 bridgehead atoms. The van der Waals surface area contributed by atoms with Crippen LogP contribution < -0.4 is 20.3 Å². The van der Waals surface area contributed by atoms with Gasteiger partial charge >= 0.3 is 0 Å². The summed E-state index contributed by atoms with van der Waals surface area (Å²) in [5, 5.41) is 18.0. The number of hydrogen-bond donors (Lipinski definition) is 1. The lowest BCUT2D eigenvalue weighted by Gasteiger charge is -2.28. The second-order valence-electron chi connectivity index (χ2n) is 10.2. The monoisotopic (exact) mass is 881 g/mol. The van der Waals surface area contributed by atoms with Gasteiger partial charge in [-0.1, -0.05) is 10.4 Å².